The minimum atomic E-state index is -0.452. The van der Waals surface area contributed by atoms with Crippen LogP contribution < -0.4 is 14.5 Å². The van der Waals surface area contributed by atoms with Crippen molar-refractivity contribution >= 4 is 23.0 Å². The molecular weight excluding hydrogens is 360 g/mol. The van der Waals surface area contributed by atoms with Crippen molar-refractivity contribution in [3.05, 3.63) is 58.1 Å². The Balaban J connectivity index is 1.71. The molecule has 0 saturated carbocycles. The van der Waals surface area contributed by atoms with Gasteiger partial charge in [-0.25, -0.2) is 0 Å². The van der Waals surface area contributed by atoms with Gasteiger partial charge >= 0.3 is 0 Å². The summed E-state index contributed by atoms with van der Waals surface area (Å²) >= 11 is 0. The Morgan fingerprint density at radius 1 is 1.11 bits per heavy atom. The number of nitro groups is 1. The average Bonchev–Trinajstić information content (AvgIpc) is 2.72. The Hall–Kier alpha value is -3.29. The number of amides is 1. The topological polar surface area (TPSA) is 79.2 Å². The van der Waals surface area contributed by atoms with Crippen LogP contribution in [0.4, 0.5) is 17.1 Å². The molecule has 0 aliphatic carbocycles. The fourth-order valence-electron chi connectivity index (χ4n) is 3.34. The third-order valence-electron chi connectivity index (χ3n) is 4.89. The van der Waals surface area contributed by atoms with E-state index in [1.165, 1.54) is 6.07 Å². The molecule has 1 fully saturated rings. The van der Waals surface area contributed by atoms with Gasteiger partial charge < -0.3 is 19.4 Å². The number of benzene rings is 2. The highest BCUT2D eigenvalue weighted by molar-refractivity contribution is 5.96. The Morgan fingerprint density at radius 2 is 1.82 bits per heavy atom. The number of piperazine rings is 1. The highest BCUT2D eigenvalue weighted by Gasteiger charge is 2.25. The molecule has 0 unspecified atom stereocenters. The van der Waals surface area contributed by atoms with Crippen LogP contribution in [-0.4, -0.2) is 63.1 Å². The molecule has 0 atom stereocenters. The molecule has 2 aromatic rings. The molecule has 1 amide bonds. The highest BCUT2D eigenvalue weighted by Crippen LogP contribution is 2.28. The minimum Gasteiger partial charge on any atom is -0.497 e. The van der Waals surface area contributed by atoms with Crippen molar-refractivity contribution in [1.82, 2.24) is 4.90 Å². The normalized spacial score (nSPS) is 14.0. The number of carbonyl (C=O) groups excluding carboxylic acids is 1. The summed E-state index contributed by atoms with van der Waals surface area (Å²) in [4.78, 5) is 29.4. The van der Waals surface area contributed by atoms with E-state index in [1.54, 1.807) is 43.1 Å². The number of rotatable bonds is 5. The van der Waals surface area contributed by atoms with Crippen LogP contribution in [0.2, 0.25) is 0 Å². The van der Waals surface area contributed by atoms with Gasteiger partial charge in [0.15, 0.2) is 0 Å². The predicted octanol–water partition coefficient (Wildman–Crippen LogP) is 2.63. The van der Waals surface area contributed by atoms with Crippen LogP contribution >= 0.6 is 0 Å². The van der Waals surface area contributed by atoms with Gasteiger partial charge in [0.2, 0.25) is 0 Å². The van der Waals surface area contributed by atoms with E-state index in [0.717, 1.165) is 11.4 Å². The number of anilines is 2. The van der Waals surface area contributed by atoms with Crippen molar-refractivity contribution in [3.8, 4) is 5.75 Å². The van der Waals surface area contributed by atoms with Crippen LogP contribution in [0.5, 0.6) is 5.75 Å². The van der Waals surface area contributed by atoms with Gasteiger partial charge in [-0.05, 0) is 24.3 Å². The number of carbonyl (C=O) groups is 1. The summed E-state index contributed by atoms with van der Waals surface area (Å²) in [5.74, 6) is 0.614. The minimum absolute atomic E-state index is 0.0640. The van der Waals surface area contributed by atoms with Gasteiger partial charge in [-0.2, -0.15) is 0 Å². The lowest BCUT2D eigenvalue weighted by atomic mass is 10.1. The Labute approximate surface area is 164 Å². The van der Waals surface area contributed by atoms with Gasteiger partial charge in [-0.15, -0.1) is 0 Å². The maximum atomic E-state index is 12.9. The SMILES string of the molecule is COc1cccc(N2CCN(C(=O)c3ccc(N(C)C)c([N+](=O)[O-])c3)CC2)c1. The van der Waals surface area contributed by atoms with Crippen molar-refractivity contribution < 1.29 is 14.5 Å². The van der Waals surface area contributed by atoms with Crippen LogP contribution in [0.1, 0.15) is 10.4 Å². The quantitative estimate of drug-likeness (QED) is 0.582. The first-order valence-corrected chi connectivity index (χ1v) is 9.04. The number of ether oxygens (including phenoxy) is 1. The standard InChI is InChI=1S/C20H24N4O4/c1-21(2)18-8-7-15(13-19(18)24(26)27)20(25)23-11-9-22(10-12-23)16-5-4-6-17(14-16)28-3/h4-8,13-14H,9-12H2,1-3H3. The van der Waals surface area contributed by atoms with E-state index in [0.29, 0.717) is 37.4 Å². The summed E-state index contributed by atoms with van der Waals surface area (Å²) in [7, 11) is 5.11. The lowest BCUT2D eigenvalue weighted by Crippen LogP contribution is -2.48. The van der Waals surface area contributed by atoms with Crippen LogP contribution in [0.25, 0.3) is 0 Å². The largest absolute Gasteiger partial charge is 0.497 e. The Morgan fingerprint density at radius 3 is 2.43 bits per heavy atom. The molecule has 0 bridgehead atoms. The van der Waals surface area contributed by atoms with E-state index in [4.69, 9.17) is 4.74 Å². The molecule has 3 rings (SSSR count). The molecule has 2 aromatic carbocycles. The van der Waals surface area contributed by atoms with Crippen molar-refractivity contribution in [2.75, 3.05) is 57.2 Å². The van der Waals surface area contributed by atoms with Crippen LogP contribution in [-0.2, 0) is 0 Å². The predicted molar refractivity (Wildman–Crippen MR) is 109 cm³/mol. The van der Waals surface area contributed by atoms with E-state index >= 15 is 0 Å². The van der Waals surface area contributed by atoms with Crippen LogP contribution in [0.3, 0.4) is 0 Å². The van der Waals surface area contributed by atoms with E-state index in [1.807, 2.05) is 24.3 Å². The second-order valence-electron chi connectivity index (χ2n) is 6.84. The van der Waals surface area contributed by atoms with Gasteiger partial charge in [0.25, 0.3) is 11.6 Å². The first kappa shape index (κ1) is 19.5. The molecular formula is C20H24N4O4. The van der Waals surface area contributed by atoms with Gasteiger partial charge in [0, 0.05) is 63.7 Å². The lowest BCUT2D eigenvalue weighted by Gasteiger charge is -2.36. The summed E-state index contributed by atoms with van der Waals surface area (Å²) in [6.45, 7) is 2.49. The molecule has 148 valence electrons. The molecule has 28 heavy (non-hydrogen) atoms. The van der Waals surface area contributed by atoms with Gasteiger partial charge in [-0.1, -0.05) is 6.07 Å². The molecule has 1 saturated heterocycles. The van der Waals surface area contributed by atoms with Gasteiger partial charge in [-0.3, -0.25) is 14.9 Å². The molecule has 0 N–H and O–H groups in total. The summed E-state index contributed by atoms with van der Waals surface area (Å²) in [5.41, 5.74) is 1.81. The molecule has 0 aromatic heterocycles. The molecule has 8 heteroatoms. The van der Waals surface area contributed by atoms with E-state index in [2.05, 4.69) is 4.90 Å². The zero-order chi connectivity index (χ0) is 20.3. The van der Waals surface area contributed by atoms with Crippen molar-refractivity contribution in [1.29, 1.82) is 0 Å². The van der Waals surface area contributed by atoms with Crippen molar-refractivity contribution in [3.63, 3.8) is 0 Å². The zero-order valence-corrected chi connectivity index (χ0v) is 16.3. The molecule has 1 aliphatic heterocycles. The molecule has 0 radical (unpaired) electrons. The van der Waals surface area contributed by atoms with Crippen LogP contribution in [0, 0.1) is 10.1 Å². The number of nitrogens with zero attached hydrogens (tertiary/aromatic N) is 4. The molecule has 1 heterocycles. The van der Waals surface area contributed by atoms with E-state index < -0.39 is 4.92 Å². The fraction of sp³-hybridized carbons (Fsp3) is 0.350. The van der Waals surface area contributed by atoms with Gasteiger partial charge in [0.1, 0.15) is 11.4 Å². The summed E-state index contributed by atoms with van der Waals surface area (Å²) in [6, 6.07) is 12.5. The van der Waals surface area contributed by atoms with Crippen LogP contribution in [0.15, 0.2) is 42.5 Å². The second-order valence-corrected chi connectivity index (χ2v) is 6.84. The van der Waals surface area contributed by atoms with E-state index in [9.17, 15) is 14.9 Å². The monoisotopic (exact) mass is 384 g/mol. The molecule has 8 nitrogen and oxygen atoms in total. The Bertz CT molecular complexity index is 876. The maximum Gasteiger partial charge on any atom is 0.293 e. The number of nitro benzene ring substituents is 1. The highest BCUT2D eigenvalue weighted by atomic mass is 16.6. The Kier molecular flexibility index (Phi) is 5.67. The van der Waals surface area contributed by atoms with Crippen molar-refractivity contribution in [2.24, 2.45) is 0 Å². The first-order chi connectivity index (χ1) is 13.4. The third-order valence-corrected chi connectivity index (χ3v) is 4.89. The van der Waals surface area contributed by atoms with E-state index in [-0.39, 0.29) is 11.6 Å². The second kappa shape index (κ2) is 8.16. The smallest absolute Gasteiger partial charge is 0.293 e. The summed E-state index contributed by atoms with van der Waals surface area (Å²) in [5, 5.41) is 11.4. The van der Waals surface area contributed by atoms with Gasteiger partial charge in [0.05, 0.1) is 12.0 Å². The maximum absolute atomic E-state index is 12.9. The number of methoxy groups -OCH3 is 1. The first-order valence-electron chi connectivity index (χ1n) is 9.04. The number of hydrogen-bond acceptors (Lipinski definition) is 6. The third kappa shape index (κ3) is 4.00. The summed E-state index contributed by atoms with van der Waals surface area (Å²) < 4.78 is 5.27. The number of hydrogen-bond donors (Lipinski definition) is 0. The molecule has 1 aliphatic rings. The van der Waals surface area contributed by atoms with Crippen molar-refractivity contribution in [2.45, 2.75) is 0 Å². The zero-order valence-electron chi connectivity index (χ0n) is 16.3. The lowest BCUT2D eigenvalue weighted by molar-refractivity contribution is -0.384. The summed E-state index contributed by atoms with van der Waals surface area (Å²) in [6.07, 6.45) is 0. The average molecular weight is 384 g/mol. The fourth-order valence-corrected chi connectivity index (χ4v) is 3.34. The molecule has 0 spiro atoms.